The molecule has 184 valence electrons. The van der Waals surface area contributed by atoms with E-state index in [2.05, 4.69) is 26.8 Å². The van der Waals surface area contributed by atoms with Crippen LogP contribution >= 0.6 is 0 Å². The lowest BCUT2D eigenvalue weighted by Gasteiger charge is -2.22. The summed E-state index contributed by atoms with van der Waals surface area (Å²) in [4.78, 5) is 36.7. The predicted molar refractivity (Wildman–Crippen MR) is 135 cm³/mol. The fourth-order valence-corrected chi connectivity index (χ4v) is 3.61. The number of aromatic nitrogens is 4. The Morgan fingerprint density at radius 2 is 1.86 bits per heavy atom. The Morgan fingerprint density at radius 1 is 1.11 bits per heavy atom. The topological polar surface area (TPSA) is 99.0 Å². The van der Waals surface area contributed by atoms with Gasteiger partial charge in [0.15, 0.2) is 6.23 Å². The molecule has 4 heterocycles. The molecule has 0 saturated heterocycles. The maximum absolute atomic E-state index is 14.0. The van der Waals surface area contributed by atoms with E-state index < -0.39 is 17.6 Å². The average molecular weight is 488 g/mol. The molecule has 0 aromatic carbocycles. The van der Waals surface area contributed by atoms with E-state index in [1.165, 1.54) is 24.5 Å². The summed E-state index contributed by atoms with van der Waals surface area (Å²) >= 11 is 0. The van der Waals surface area contributed by atoms with Crippen LogP contribution in [-0.4, -0.2) is 31.4 Å². The lowest BCUT2D eigenvalue weighted by atomic mass is 9.97. The van der Waals surface area contributed by atoms with Gasteiger partial charge in [-0.05, 0) is 57.5 Å². The first kappa shape index (κ1) is 24.7. The van der Waals surface area contributed by atoms with Crippen molar-refractivity contribution in [3.05, 3.63) is 73.9 Å². The third kappa shape index (κ3) is 5.14. The Hall–Kier alpha value is -4.40. The third-order valence-corrected chi connectivity index (χ3v) is 5.51. The average Bonchev–Trinajstić information content (AvgIpc) is 3.22. The van der Waals surface area contributed by atoms with Crippen molar-refractivity contribution >= 4 is 28.6 Å². The number of halogens is 1. The standard InChI is InChI=1S/C27H26FN5O3/c1-6-24(34)32-20-9-18(12-29-14-20)19-10-21-22(17-7-8-30-23(28)11-17)15-33(25(21)31-13-19)16(2)36-26(35)27(3,4)5/h6-16H,1H2,2-5H3,(H,32,34). The van der Waals surface area contributed by atoms with E-state index in [0.717, 1.165) is 16.5 Å². The van der Waals surface area contributed by atoms with Gasteiger partial charge in [-0.15, -0.1) is 0 Å². The Balaban J connectivity index is 1.83. The second kappa shape index (κ2) is 9.69. The number of anilines is 1. The van der Waals surface area contributed by atoms with Gasteiger partial charge < -0.3 is 10.1 Å². The van der Waals surface area contributed by atoms with Crippen molar-refractivity contribution < 1.29 is 18.7 Å². The summed E-state index contributed by atoms with van der Waals surface area (Å²) in [6, 6.07) is 6.72. The fourth-order valence-electron chi connectivity index (χ4n) is 3.61. The number of esters is 1. The highest BCUT2D eigenvalue weighted by molar-refractivity contribution is 5.99. The fraction of sp³-hybridized carbons (Fsp3) is 0.222. The number of nitrogens with zero attached hydrogens (tertiary/aromatic N) is 4. The van der Waals surface area contributed by atoms with Gasteiger partial charge >= 0.3 is 5.97 Å². The Labute approximate surface area is 207 Å². The van der Waals surface area contributed by atoms with Crippen molar-refractivity contribution in [3.63, 3.8) is 0 Å². The Bertz CT molecular complexity index is 1470. The van der Waals surface area contributed by atoms with E-state index in [1.807, 2.05) is 6.07 Å². The first-order valence-corrected chi connectivity index (χ1v) is 11.3. The molecule has 0 aliphatic rings. The van der Waals surface area contributed by atoms with E-state index in [0.29, 0.717) is 22.5 Å². The number of fused-ring (bicyclic) bond motifs is 1. The summed E-state index contributed by atoms with van der Waals surface area (Å²) in [5.74, 6) is -1.31. The minimum Gasteiger partial charge on any atom is -0.441 e. The molecule has 1 unspecified atom stereocenters. The van der Waals surface area contributed by atoms with Crippen LogP contribution in [0.5, 0.6) is 0 Å². The van der Waals surface area contributed by atoms with Gasteiger partial charge in [-0.25, -0.2) is 9.97 Å². The van der Waals surface area contributed by atoms with Crippen LogP contribution in [-0.2, 0) is 14.3 Å². The van der Waals surface area contributed by atoms with Gasteiger partial charge in [-0.3, -0.25) is 19.1 Å². The largest absolute Gasteiger partial charge is 0.441 e. The number of carbonyl (C=O) groups is 2. The Morgan fingerprint density at radius 3 is 2.56 bits per heavy atom. The first-order valence-electron chi connectivity index (χ1n) is 11.3. The molecule has 1 atom stereocenters. The molecule has 0 saturated carbocycles. The molecule has 0 aliphatic carbocycles. The highest BCUT2D eigenvalue weighted by atomic mass is 19.1. The van der Waals surface area contributed by atoms with Crippen molar-refractivity contribution in [2.75, 3.05) is 5.32 Å². The van der Waals surface area contributed by atoms with Crippen LogP contribution in [0.4, 0.5) is 10.1 Å². The summed E-state index contributed by atoms with van der Waals surface area (Å²) < 4.78 is 21.4. The van der Waals surface area contributed by atoms with Crippen LogP contribution in [0.1, 0.15) is 33.9 Å². The molecule has 9 heteroatoms. The molecule has 8 nitrogen and oxygen atoms in total. The number of hydrogen-bond acceptors (Lipinski definition) is 6. The molecule has 0 spiro atoms. The molecule has 4 aromatic heterocycles. The predicted octanol–water partition coefficient (Wildman–Crippen LogP) is 5.53. The van der Waals surface area contributed by atoms with E-state index in [9.17, 15) is 14.0 Å². The first-order chi connectivity index (χ1) is 17.1. The Kier molecular flexibility index (Phi) is 6.65. The number of amides is 1. The zero-order chi connectivity index (χ0) is 26.0. The zero-order valence-electron chi connectivity index (χ0n) is 20.4. The molecule has 1 N–H and O–H groups in total. The molecule has 4 rings (SSSR count). The van der Waals surface area contributed by atoms with Gasteiger partial charge in [-0.1, -0.05) is 6.58 Å². The van der Waals surface area contributed by atoms with Gasteiger partial charge in [0.05, 0.1) is 17.3 Å². The number of nitrogens with one attached hydrogen (secondary N) is 1. The second-order valence-electron chi connectivity index (χ2n) is 9.32. The number of hydrogen-bond donors (Lipinski definition) is 1. The van der Waals surface area contributed by atoms with Crippen LogP contribution in [0.2, 0.25) is 0 Å². The lowest BCUT2D eigenvalue weighted by Crippen LogP contribution is -2.26. The summed E-state index contributed by atoms with van der Waals surface area (Å²) in [6.45, 7) is 10.6. The maximum atomic E-state index is 14.0. The molecule has 36 heavy (non-hydrogen) atoms. The summed E-state index contributed by atoms with van der Waals surface area (Å²) in [5.41, 5.74) is 3.15. The van der Waals surface area contributed by atoms with Crippen LogP contribution in [0.15, 0.2) is 67.9 Å². The van der Waals surface area contributed by atoms with E-state index in [1.54, 1.807) is 63.0 Å². The van der Waals surface area contributed by atoms with Crippen LogP contribution in [0.3, 0.4) is 0 Å². The van der Waals surface area contributed by atoms with Crippen molar-refractivity contribution in [2.45, 2.75) is 33.9 Å². The number of rotatable bonds is 6. The van der Waals surface area contributed by atoms with Gasteiger partial charge in [0, 0.05) is 52.9 Å². The van der Waals surface area contributed by atoms with Crippen LogP contribution < -0.4 is 5.32 Å². The van der Waals surface area contributed by atoms with Crippen LogP contribution in [0, 0.1) is 11.4 Å². The molecule has 0 radical (unpaired) electrons. The van der Waals surface area contributed by atoms with E-state index >= 15 is 0 Å². The number of pyridine rings is 3. The summed E-state index contributed by atoms with van der Waals surface area (Å²) in [7, 11) is 0. The van der Waals surface area contributed by atoms with Crippen molar-refractivity contribution in [3.8, 4) is 22.3 Å². The normalized spacial score (nSPS) is 12.2. The molecule has 0 aliphatic heterocycles. The van der Waals surface area contributed by atoms with Gasteiger partial charge in [0.2, 0.25) is 11.9 Å². The van der Waals surface area contributed by atoms with Gasteiger partial charge in [0.25, 0.3) is 0 Å². The van der Waals surface area contributed by atoms with E-state index in [4.69, 9.17) is 4.74 Å². The maximum Gasteiger partial charge on any atom is 0.313 e. The summed E-state index contributed by atoms with van der Waals surface area (Å²) in [5, 5.41) is 3.41. The highest BCUT2D eigenvalue weighted by Gasteiger charge is 2.27. The molecule has 0 bridgehead atoms. The molecular weight excluding hydrogens is 461 g/mol. The summed E-state index contributed by atoms with van der Waals surface area (Å²) in [6.07, 6.45) is 8.56. The molecule has 1 amide bonds. The molecule has 4 aromatic rings. The number of ether oxygens (including phenoxy) is 1. The van der Waals surface area contributed by atoms with Gasteiger partial charge in [0.1, 0.15) is 5.65 Å². The highest BCUT2D eigenvalue weighted by Crippen LogP contribution is 2.35. The van der Waals surface area contributed by atoms with Crippen molar-refractivity contribution in [1.82, 2.24) is 19.5 Å². The van der Waals surface area contributed by atoms with Gasteiger partial charge in [-0.2, -0.15) is 4.39 Å². The lowest BCUT2D eigenvalue weighted by molar-refractivity contribution is -0.162. The smallest absolute Gasteiger partial charge is 0.313 e. The minimum absolute atomic E-state index is 0.347. The van der Waals surface area contributed by atoms with Crippen LogP contribution in [0.25, 0.3) is 33.3 Å². The second-order valence-corrected chi connectivity index (χ2v) is 9.32. The number of carbonyl (C=O) groups excluding carboxylic acids is 2. The molecular formula is C27H26FN5O3. The third-order valence-electron chi connectivity index (χ3n) is 5.51. The van der Waals surface area contributed by atoms with E-state index in [-0.39, 0.29) is 11.9 Å². The monoisotopic (exact) mass is 487 g/mol. The quantitative estimate of drug-likeness (QED) is 0.218. The minimum atomic E-state index is -0.673. The zero-order valence-corrected chi connectivity index (χ0v) is 20.4. The van der Waals surface area contributed by atoms with Crippen molar-refractivity contribution in [2.24, 2.45) is 5.41 Å². The SMILES string of the molecule is C=CC(=O)Nc1cncc(-c2cnc3c(c2)c(-c2ccnc(F)c2)cn3C(C)OC(=O)C(C)(C)C)c1. The molecule has 0 fully saturated rings. The van der Waals surface area contributed by atoms with Crippen molar-refractivity contribution in [1.29, 1.82) is 0 Å².